The minimum absolute atomic E-state index is 0.175. The molecule has 1 N–H and O–H groups in total. The van der Waals surface area contributed by atoms with E-state index >= 15 is 0 Å². The Morgan fingerprint density at radius 2 is 2.35 bits per heavy atom. The molecular weight excluding hydrogens is 221 g/mol. The van der Waals surface area contributed by atoms with E-state index in [1.165, 1.54) is 12.1 Å². The van der Waals surface area contributed by atoms with E-state index in [1.54, 1.807) is 6.07 Å². The minimum atomic E-state index is -0.283. The molecule has 2 atom stereocenters. The zero-order valence-corrected chi connectivity index (χ0v) is 10.2. The van der Waals surface area contributed by atoms with Crippen molar-refractivity contribution in [3.8, 4) is 5.75 Å². The molecule has 0 saturated carbocycles. The van der Waals surface area contributed by atoms with Gasteiger partial charge in [0.2, 0.25) is 0 Å². The van der Waals surface area contributed by atoms with Crippen molar-refractivity contribution in [3.63, 3.8) is 0 Å². The van der Waals surface area contributed by atoms with Gasteiger partial charge in [-0.05, 0) is 32.4 Å². The molecule has 1 aliphatic rings. The highest BCUT2D eigenvalue weighted by Gasteiger charge is 2.24. The SMILES string of the molecule is CCOc1cc(F)ccc1NC1CCOC1C. The quantitative estimate of drug-likeness (QED) is 0.876. The first kappa shape index (κ1) is 12.2. The van der Waals surface area contributed by atoms with E-state index in [-0.39, 0.29) is 18.0 Å². The van der Waals surface area contributed by atoms with Gasteiger partial charge in [0.25, 0.3) is 0 Å². The second kappa shape index (κ2) is 5.36. The van der Waals surface area contributed by atoms with Crippen LogP contribution in [0.5, 0.6) is 5.75 Å². The van der Waals surface area contributed by atoms with Gasteiger partial charge in [-0.1, -0.05) is 0 Å². The van der Waals surface area contributed by atoms with Gasteiger partial charge in [0.15, 0.2) is 0 Å². The Bertz CT molecular complexity index is 384. The average molecular weight is 239 g/mol. The molecule has 1 fully saturated rings. The Labute approximate surface area is 101 Å². The summed E-state index contributed by atoms with van der Waals surface area (Å²) in [5.41, 5.74) is 0.829. The van der Waals surface area contributed by atoms with Gasteiger partial charge in [-0.3, -0.25) is 0 Å². The molecule has 1 aromatic rings. The normalized spacial score (nSPS) is 23.7. The summed E-state index contributed by atoms with van der Waals surface area (Å²) in [6, 6.07) is 4.82. The Balaban J connectivity index is 2.13. The molecule has 2 rings (SSSR count). The largest absolute Gasteiger partial charge is 0.492 e. The zero-order valence-electron chi connectivity index (χ0n) is 10.2. The predicted octanol–water partition coefficient (Wildman–Crippen LogP) is 2.81. The molecule has 3 nitrogen and oxygen atoms in total. The summed E-state index contributed by atoms with van der Waals surface area (Å²) < 4.78 is 24.0. The van der Waals surface area contributed by atoms with Crippen LogP contribution in [0.25, 0.3) is 0 Å². The zero-order chi connectivity index (χ0) is 12.3. The molecule has 0 amide bonds. The number of benzene rings is 1. The van der Waals surface area contributed by atoms with Crippen molar-refractivity contribution >= 4 is 5.69 Å². The van der Waals surface area contributed by atoms with Gasteiger partial charge < -0.3 is 14.8 Å². The Hall–Kier alpha value is -1.29. The molecule has 1 aromatic carbocycles. The van der Waals surface area contributed by atoms with Crippen molar-refractivity contribution in [1.29, 1.82) is 0 Å². The topological polar surface area (TPSA) is 30.5 Å². The highest BCUT2D eigenvalue weighted by atomic mass is 19.1. The first-order valence-electron chi connectivity index (χ1n) is 6.01. The van der Waals surface area contributed by atoms with Crippen LogP contribution >= 0.6 is 0 Å². The Morgan fingerprint density at radius 1 is 1.53 bits per heavy atom. The van der Waals surface area contributed by atoms with Crippen LogP contribution in [-0.4, -0.2) is 25.4 Å². The van der Waals surface area contributed by atoms with Crippen molar-refractivity contribution < 1.29 is 13.9 Å². The summed E-state index contributed by atoms with van der Waals surface area (Å²) in [6.45, 7) is 5.21. The number of halogens is 1. The van der Waals surface area contributed by atoms with Gasteiger partial charge in [0.1, 0.15) is 11.6 Å². The third-order valence-electron chi connectivity index (χ3n) is 2.96. The van der Waals surface area contributed by atoms with Crippen molar-refractivity contribution in [2.75, 3.05) is 18.5 Å². The number of hydrogen-bond acceptors (Lipinski definition) is 3. The lowest BCUT2D eigenvalue weighted by Crippen LogP contribution is -2.26. The third kappa shape index (κ3) is 2.88. The predicted molar refractivity (Wildman–Crippen MR) is 65.0 cm³/mol. The number of hydrogen-bond donors (Lipinski definition) is 1. The fourth-order valence-corrected chi connectivity index (χ4v) is 2.01. The van der Waals surface area contributed by atoms with E-state index in [0.717, 1.165) is 18.7 Å². The van der Waals surface area contributed by atoms with Crippen molar-refractivity contribution in [2.24, 2.45) is 0 Å². The lowest BCUT2D eigenvalue weighted by molar-refractivity contribution is 0.121. The number of rotatable bonds is 4. The van der Waals surface area contributed by atoms with Crippen molar-refractivity contribution in [2.45, 2.75) is 32.4 Å². The maximum atomic E-state index is 13.1. The highest BCUT2D eigenvalue weighted by molar-refractivity contribution is 5.57. The van der Waals surface area contributed by atoms with Crippen LogP contribution in [0.4, 0.5) is 10.1 Å². The average Bonchev–Trinajstić information content (AvgIpc) is 2.69. The molecule has 0 aromatic heterocycles. The Morgan fingerprint density at radius 3 is 3.00 bits per heavy atom. The molecule has 0 bridgehead atoms. The van der Waals surface area contributed by atoms with Crippen LogP contribution in [0.1, 0.15) is 20.3 Å². The molecule has 1 saturated heterocycles. The second-order valence-corrected chi connectivity index (χ2v) is 4.19. The standard InChI is InChI=1S/C13H18FNO2/c1-3-16-13-8-10(14)4-5-12(13)15-11-6-7-17-9(11)2/h4-5,8-9,11,15H,3,6-7H2,1-2H3. The second-order valence-electron chi connectivity index (χ2n) is 4.19. The maximum absolute atomic E-state index is 13.1. The summed E-state index contributed by atoms with van der Waals surface area (Å²) in [6.07, 6.45) is 1.14. The maximum Gasteiger partial charge on any atom is 0.145 e. The van der Waals surface area contributed by atoms with Gasteiger partial charge in [0, 0.05) is 12.7 Å². The highest BCUT2D eigenvalue weighted by Crippen LogP contribution is 2.28. The van der Waals surface area contributed by atoms with Crippen molar-refractivity contribution in [1.82, 2.24) is 0 Å². The molecule has 2 unspecified atom stereocenters. The van der Waals surface area contributed by atoms with E-state index in [0.29, 0.717) is 12.4 Å². The van der Waals surface area contributed by atoms with Gasteiger partial charge in [0.05, 0.1) is 24.4 Å². The van der Waals surface area contributed by atoms with E-state index in [2.05, 4.69) is 5.32 Å². The summed E-state index contributed by atoms with van der Waals surface area (Å²) in [4.78, 5) is 0. The van der Waals surface area contributed by atoms with Gasteiger partial charge >= 0.3 is 0 Å². The molecule has 0 radical (unpaired) electrons. The number of nitrogens with one attached hydrogen (secondary N) is 1. The molecule has 0 spiro atoms. The van der Waals surface area contributed by atoms with Crippen LogP contribution in [0.15, 0.2) is 18.2 Å². The van der Waals surface area contributed by atoms with Gasteiger partial charge in [-0.15, -0.1) is 0 Å². The smallest absolute Gasteiger partial charge is 0.145 e. The third-order valence-corrected chi connectivity index (χ3v) is 2.96. The summed E-state index contributed by atoms with van der Waals surface area (Å²) in [5, 5.41) is 3.35. The lowest BCUT2D eigenvalue weighted by atomic mass is 10.1. The monoisotopic (exact) mass is 239 g/mol. The van der Waals surface area contributed by atoms with E-state index in [9.17, 15) is 4.39 Å². The molecular formula is C13H18FNO2. The molecule has 1 aliphatic heterocycles. The molecule has 4 heteroatoms. The Kier molecular flexibility index (Phi) is 3.84. The van der Waals surface area contributed by atoms with Crippen LogP contribution in [0.3, 0.4) is 0 Å². The summed E-state index contributed by atoms with van der Waals surface area (Å²) in [7, 11) is 0. The van der Waals surface area contributed by atoms with Crippen LogP contribution < -0.4 is 10.1 Å². The van der Waals surface area contributed by atoms with Crippen LogP contribution in [0.2, 0.25) is 0 Å². The lowest BCUT2D eigenvalue weighted by Gasteiger charge is -2.19. The summed E-state index contributed by atoms with van der Waals surface area (Å²) >= 11 is 0. The van der Waals surface area contributed by atoms with Gasteiger partial charge in [-0.2, -0.15) is 0 Å². The van der Waals surface area contributed by atoms with Crippen LogP contribution in [0, 0.1) is 5.82 Å². The van der Waals surface area contributed by atoms with E-state index in [4.69, 9.17) is 9.47 Å². The first-order chi connectivity index (χ1) is 8.20. The fourth-order valence-electron chi connectivity index (χ4n) is 2.01. The fraction of sp³-hybridized carbons (Fsp3) is 0.538. The van der Waals surface area contributed by atoms with E-state index in [1.807, 2.05) is 13.8 Å². The molecule has 1 heterocycles. The number of anilines is 1. The first-order valence-corrected chi connectivity index (χ1v) is 6.01. The number of ether oxygens (including phenoxy) is 2. The minimum Gasteiger partial charge on any atom is -0.492 e. The molecule has 0 aliphatic carbocycles. The molecule has 94 valence electrons. The van der Waals surface area contributed by atoms with Crippen molar-refractivity contribution in [3.05, 3.63) is 24.0 Å². The van der Waals surface area contributed by atoms with Gasteiger partial charge in [-0.25, -0.2) is 4.39 Å². The van der Waals surface area contributed by atoms with Crippen LogP contribution in [-0.2, 0) is 4.74 Å². The van der Waals surface area contributed by atoms with E-state index < -0.39 is 0 Å². The summed E-state index contributed by atoms with van der Waals surface area (Å²) in [5.74, 6) is 0.279. The molecule has 17 heavy (non-hydrogen) atoms.